The van der Waals surface area contributed by atoms with Crippen LogP contribution in [0.3, 0.4) is 0 Å². The molecule has 84 valence electrons. The van der Waals surface area contributed by atoms with Gasteiger partial charge in [-0.3, -0.25) is 0 Å². The zero-order valence-electron chi connectivity index (χ0n) is 10.1. The van der Waals surface area contributed by atoms with Crippen molar-refractivity contribution in [1.29, 1.82) is 0 Å². The summed E-state index contributed by atoms with van der Waals surface area (Å²) in [7, 11) is 0. The van der Waals surface area contributed by atoms with Gasteiger partial charge in [-0.2, -0.15) is 0 Å². The Labute approximate surface area is 103 Å². The maximum absolute atomic E-state index is 2.25. The summed E-state index contributed by atoms with van der Waals surface area (Å²) in [5.74, 6) is 0. The molecule has 2 aliphatic carbocycles. The normalized spacial score (nSPS) is 17.5. The highest BCUT2D eigenvalue weighted by Crippen LogP contribution is 2.35. The van der Waals surface area contributed by atoms with Crippen molar-refractivity contribution in [3.63, 3.8) is 0 Å². The van der Waals surface area contributed by atoms with Crippen LogP contribution in [0.4, 0.5) is 0 Å². The smallest absolute Gasteiger partial charge is 0.00881 e. The summed E-state index contributed by atoms with van der Waals surface area (Å²) in [6.07, 6.45) is 15.4. The van der Waals surface area contributed by atoms with Gasteiger partial charge in [-0.25, -0.2) is 0 Å². The minimum Gasteiger partial charge on any atom is -0.0801 e. The van der Waals surface area contributed by atoms with Gasteiger partial charge in [0.25, 0.3) is 0 Å². The zero-order valence-corrected chi connectivity index (χ0v) is 10.1. The van der Waals surface area contributed by atoms with Crippen LogP contribution in [0.15, 0.2) is 54.7 Å². The molecule has 0 aromatic heterocycles. The molecular weight excluding hydrogens is 204 g/mol. The van der Waals surface area contributed by atoms with Gasteiger partial charge >= 0.3 is 0 Å². The van der Waals surface area contributed by atoms with Crippen molar-refractivity contribution < 1.29 is 0 Å². The lowest BCUT2D eigenvalue weighted by Gasteiger charge is -2.14. The van der Waals surface area contributed by atoms with E-state index < -0.39 is 0 Å². The SMILES string of the molecule is Cc1cccc(C2=CC=CC2)c1C1=CC=CC1. The lowest BCUT2D eigenvalue weighted by atomic mass is 9.90. The number of rotatable bonds is 2. The topological polar surface area (TPSA) is 0 Å². The quantitative estimate of drug-likeness (QED) is 0.678. The van der Waals surface area contributed by atoms with Gasteiger partial charge in [0, 0.05) is 0 Å². The van der Waals surface area contributed by atoms with E-state index >= 15 is 0 Å². The average Bonchev–Trinajstić information content (AvgIpc) is 3.02. The number of aryl methyl sites for hydroxylation is 1. The van der Waals surface area contributed by atoms with E-state index in [2.05, 4.69) is 61.6 Å². The molecule has 0 heteroatoms. The van der Waals surface area contributed by atoms with Gasteiger partial charge in [0.15, 0.2) is 0 Å². The zero-order chi connectivity index (χ0) is 11.7. The van der Waals surface area contributed by atoms with Gasteiger partial charge in [-0.15, -0.1) is 0 Å². The molecule has 0 aliphatic heterocycles. The van der Waals surface area contributed by atoms with Crippen LogP contribution < -0.4 is 0 Å². The highest BCUT2D eigenvalue weighted by atomic mass is 14.2. The van der Waals surface area contributed by atoms with Gasteiger partial charge in [0.1, 0.15) is 0 Å². The first kappa shape index (κ1) is 10.3. The predicted molar refractivity (Wildman–Crippen MR) is 74.6 cm³/mol. The Hall–Kier alpha value is -1.82. The van der Waals surface area contributed by atoms with E-state index in [-0.39, 0.29) is 0 Å². The van der Waals surface area contributed by atoms with Crippen molar-refractivity contribution in [1.82, 2.24) is 0 Å². The van der Waals surface area contributed by atoms with E-state index in [9.17, 15) is 0 Å². The van der Waals surface area contributed by atoms with Crippen LogP contribution in [0.25, 0.3) is 11.1 Å². The number of hydrogen-bond donors (Lipinski definition) is 0. The second-order valence-electron chi connectivity index (χ2n) is 4.65. The molecule has 2 aliphatic rings. The Balaban J connectivity index is 2.12. The molecule has 0 unspecified atom stereocenters. The van der Waals surface area contributed by atoms with E-state index in [0.29, 0.717) is 0 Å². The van der Waals surface area contributed by atoms with E-state index in [0.717, 1.165) is 12.8 Å². The summed E-state index contributed by atoms with van der Waals surface area (Å²) >= 11 is 0. The van der Waals surface area contributed by atoms with Crippen molar-refractivity contribution in [2.75, 3.05) is 0 Å². The van der Waals surface area contributed by atoms with E-state index in [1.54, 1.807) is 0 Å². The van der Waals surface area contributed by atoms with Gasteiger partial charge in [-0.05, 0) is 47.6 Å². The summed E-state index contributed by atoms with van der Waals surface area (Å²) in [6, 6.07) is 6.62. The van der Waals surface area contributed by atoms with E-state index in [1.165, 1.54) is 27.8 Å². The van der Waals surface area contributed by atoms with Crippen LogP contribution in [0, 0.1) is 6.92 Å². The molecule has 17 heavy (non-hydrogen) atoms. The highest BCUT2D eigenvalue weighted by molar-refractivity contribution is 5.85. The third kappa shape index (κ3) is 1.80. The molecule has 0 nitrogen and oxygen atoms in total. The molecule has 0 N–H and O–H groups in total. The Kier molecular flexibility index (Phi) is 2.56. The molecule has 0 radical (unpaired) electrons. The Morgan fingerprint density at radius 1 is 0.882 bits per heavy atom. The number of hydrogen-bond acceptors (Lipinski definition) is 0. The molecule has 0 heterocycles. The molecule has 0 saturated carbocycles. The number of benzene rings is 1. The van der Waals surface area contributed by atoms with Crippen LogP contribution in [0.2, 0.25) is 0 Å². The van der Waals surface area contributed by atoms with Gasteiger partial charge < -0.3 is 0 Å². The van der Waals surface area contributed by atoms with Crippen LogP contribution in [-0.4, -0.2) is 0 Å². The standard InChI is InChI=1S/C17H16/c1-13-7-6-12-16(14-8-2-3-9-14)17(13)15-10-4-5-11-15/h2-8,10,12H,9,11H2,1H3. The Bertz CT molecular complexity index is 566. The molecule has 0 spiro atoms. The predicted octanol–water partition coefficient (Wildman–Crippen LogP) is 4.68. The van der Waals surface area contributed by atoms with Crippen molar-refractivity contribution in [2.24, 2.45) is 0 Å². The lowest BCUT2D eigenvalue weighted by molar-refractivity contribution is 1.32. The second-order valence-corrected chi connectivity index (χ2v) is 4.65. The largest absolute Gasteiger partial charge is 0.0801 e. The molecule has 0 atom stereocenters. The minimum absolute atomic E-state index is 1.07. The first-order valence-corrected chi connectivity index (χ1v) is 6.18. The van der Waals surface area contributed by atoms with E-state index in [1.807, 2.05) is 0 Å². The van der Waals surface area contributed by atoms with Crippen LogP contribution in [-0.2, 0) is 0 Å². The van der Waals surface area contributed by atoms with Crippen molar-refractivity contribution in [3.8, 4) is 0 Å². The maximum Gasteiger partial charge on any atom is -0.00881 e. The average molecular weight is 220 g/mol. The molecule has 0 fully saturated rings. The molecular formula is C17H16. The first-order chi connectivity index (χ1) is 8.36. The molecule has 0 amide bonds. The molecule has 0 bridgehead atoms. The molecule has 3 rings (SSSR count). The van der Waals surface area contributed by atoms with Crippen molar-refractivity contribution in [2.45, 2.75) is 19.8 Å². The summed E-state index contributed by atoms with van der Waals surface area (Å²) in [4.78, 5) is 0. The third-order valence-electron chi connectivity index (χ3n) is 3.48. The van der Waals surface area contributed by atoms with Crippen LogP contribution >= 0.6 is 0 Å². The molecule has 1 aromatic carbocycles. The summed E-state index contributed by atoms with van der Waals surface area (Å²) < 4.78 is 0. The highest BCUT2D eigenvalue weighted by Gasteiger charge is 2.14. The Morgan fingerprint density at radius 2 is 1.59 bits per heavy atom. The van der Waals surface area contributed by atoms with Gasteiger partial charge in [0.2, 0.25) is 0 Å². The minimum atomic E-state index is 1.07. The van der Waals surface area contributed by atoms with Gasteiger partial charge in [-0.1, -0.05) is 54.7 Å². The van der Waals surface area contributed by atoms with Crippen LogP contribution in [0.1, 0.15) is 29.5 Å². The lowest BCUT2D eigenvalue weighted by Crippen LogP contribution is -1.95. The van der Waals surface area contributed by atoms with Crippen molar-refractivity contribution in [3.05, 3.63) is 71.3 Å². The molecule has 1 aromatic rings. The van der Waals surface area contributed by atoms with Gasteiger partial charge in [0.05, 0.1) is 0 Å². The second kappa shape index (κ2) is 4.21. The monoisotopic (exact) mass is 220 g/mol. The Morgan fingerprint density at radius 3 is 2.24 bits per heavy atom. The fourth-order valence-electron chi connectivity index (χ4n) is 2.64. The number of allylic oxidation sites excluding steroid dienone is 8. The van der Waals surface area contributed by atoms with Crippen molar-refractivity contribution >= 4 is 11.1 Å². The summed E-state index contributed by atoms with van der Waals surface area (Å²) in [5.41, 5.74) is 7.12. The molecule has 0 saturated heterocycles. The third-order valence-corrected chi connectivity index (χ3v) is 3.48. The van der Waals surface area contributed by atoms with E-state index in [4.69, 9.17) is 0 Å². The summed E-state index contributed by atoms with van der Waals surface area (Å²) in [5, 5.41) is 0. The fourth-order valence-corrected chi connectivity index (χ4v) is 2.64. The maximum atomic E-state index is 2.25. The fraction of sp³-hybridized carbons (Fsp3) is 0.176. The first-order valence-electron chi connectivity index (χ1n) is 6.18. The van der Waals surface area contributed by atoms with Crippen LogP contribution in [0.5, 0.6) is 0 Å². The summed E-state index contributed by atoms with van der Waals surface area (Å²) in [6.45, 7) is 2.21.